The topological polar surface area (TPSA) is 9.23 Å². The van der Waals surface area contributed by atoms with Gasteiger partial charge in [-0.3, -0.25) is 0 Å². The molecule has 1 rings (SSSR count). The number of rotatable bonds is 7. The fraction of sp³-hybridized carbons (Fsp3) is 1.00. The molecule has 112 valence electrons. The lowest BCUT2D eigenvalue weighted by molar-refractivity contribution is -0.0617. The molecule has 19 heavy (non-hydrogen) atoms. The second-order valence-corrected chi connectivity index (χ2v) is 7.30. The Bertz CT molecular complexity index is 264. The highest BCUT2D eigenvalue weighted by Crippen LogP contribution is 2.50. The first-order valence-corrected chi connectivity index (χ1v) is 8.59. The maximum absolute atomic E-state index is 6.70. The highest BCUT2D eigenvalue weighted by Gasteiger charge is 2.53. The largest absolute Gasteiger partial charge is 0.380 e. The molecule has 1 aliphatic rings. The highest BCUT2D eigenvalue weighted by atomic mass is 16.5. The number of hydrogen-bond donors (Lipinski definition) is 0. The van der Waals surface area contributed by atoms with Crippen LogP contribution in [0.5, 0.6) is 0 Å². The number of hydrogen-bond acceptors (Lipinski definition) is 1. The van der Waals surface area contributed by atoms with Crippen molar-refractivity contribution >= 4 is 7.28 Å². The van der Waals surface area contributed by atoms with Crippen molar-refractivity contribution in [3.63, 3.8) is 0 Å². The monoisotopic (exact) mass is 266 g/mol. The molecule has 0 aromatic rings. The maximum Gasteiger partial charge on any atom is 0.154 e. The van der Waals surface area contributed by atoms with Gasteiger partial charge in [0, 0.05) is 6.00 Å². The van der Waals surface area contributed by atoms with Gasteiger partial charge in [-0.15, -0.1) is 0 Å². The number of ether oxygens (including phenoxy) is 1. The summed E-state index contributed by atoms with van der Waals surface area (Å²) in [4.78, 5) is 0. The van der Waals surface area contributed by atoms with Crippen LogP contribution in [0, 0.1) is 23.7 Å². The molecule has 0 aromatic carbocycles. The predicted molar refractivity (Wildman–Crippen MR) is 87.1 cm³/mol. The zero-order chi connectivity index (χ0) is 14.6. The van der Waals surface area contributed by atoms with E-state index in [2.05, 4.69) is 48.4 Å². The Hall–Kier alpha value is 0.0249. The summed E-state index contributed by atoms with van der Waals surface area (Å²) in [5.41, 5.74) is 0.142. The van der Waals surface area contributed by atoms with Crippen LogP contribution in [0.3, 0.4) is 0 Å². The Kier molecular flexibility index (Phi) is 6.43. The van der Waals surface area contributed by atoms with Gasteiger partial charge < -0.3 is 4.74 Å². The van der Waals surface area contributed by atoms with E-state index in [9.17, 15) is 0 Å². The van der Waals surface area contributed by atoms with Gasteiger partial charge in [-0.25, -0.2) is 0 Å². The molecule has 0 bridgehead atoms. The molecule has 1 nitrogen and oxygen atoms in total. The van der Waals surface area contributed by atoms with Crippen molar-refractivity contribution in [1.29, 1.82) is 0 Å². The Balaban J connectivity index is 3.07. The molecule has 0 N–H and O–H groups in total. The van der Waals surface area contributed by atoms with Crippen LogP contribution in [-0.2, 0) is 4.74 Å². The van der Waals surface area contributed by atoms with Gasteiger partial charge in [0.25, 0.3) is 0 Å². The lowest BCUT2D eigenvalue weighted by Crippen LogP contribution is -2.40. The van der Waals surface area contributed by atoms with Gasteiger partial charge in [0.2, 0.25) is 0 Å². The average Bonchev–Trinajstić information content (AvgIpc) is 2.63. The summed E-state index contributed by atoms with van der Waals surface area (Å²) in [5.74, 6) is 2.96. The van der Waals surface area contributed by atoms with Gasteiger partial charge in [0.15, 0.2) is 7.28 Å². The molecule has 0 radical (unpaired) electrons. The Morgan fingerprint density at radius 2 is 1.79 bits per heavy atom. The van der Waals surface area contributed by atoms with Gasteiger partial charge >= 0.3 is 0 Å². The van der Waals surface area contributed by atoms with Crippen LogP contribution < -0.4 is 0 Å². The molecule has 1 fully saturated rings. The van der Waals surface area contributed by atoms with Crippen molar-refractivity contribution in [2.45, 2.75) is 85.7 Å². The van der Waals surface area contributed by atoms with E-state index in [1.165, 1.54) is 33.0 Å². The average molecular weight is 266 g/mol. The molecule has 0 spiro atoms. The summed E-state index contributed by atoms with van der Waals surface area (Å²) < 4.78 is 6.70. The van der Waals surface area contributed by atoms with Crippen LogP contribution in [0.1, 0.15) is 67.2 Å². The van der Waals surface area contributed by atoms with E-state index in [0.717, 1.165) is 23.7 Å². The van der Waals surface area contributed by atoms with E-state index >= 15 is 0 Å². The van der Waals surface area contributed by atoms with Crippen LogP contribution in [-0.4, -0.2) is 18.9 Å². The van der Waals surface area contributed by atoms with Crippen molar-refractivity contribution in [3.05, 3.63) is 0 Å². The van der Waals surface area contributed by atoms with Crippen LogP contribution in [0.25, 0.3) is 0 Å². The summed E-state index contributed by atoms with van der Waals surface area (Å²) in [6.45, 7) is 16.4. The molecule has 0 aliphatic carbocycles. The fourth-order valence-electron chi connectivity index (χ4n) is 4.61. The smallest absolute Gasteiger partial charge is 0.154 e. The van der Waals surface area contributed by atoms with Crippen LogP contribution in [0.15, 0.2) is 0 Å². The fourth-order valence-corrected chi connectivity index (χ4v) is 4.61. The van der Waals surface area contributed by atoms with Crippen molar-refractivity contribution in [2.24, 2.45) is 23.7 Å². The molecule has 1 aliphatic heterocycles. The lowest BCUT2D eigenvalue weighted by atomic mass is 9.61. The summed E-state index contributed by atoms with van der Waals surface area (Å²) >= 11 is 0. The normalized spacial score (nSPS) is 35.3. The Morgan fingerprint density at radius 3 is 2.16 bits per heavy atom. The van der Waals surface area contributed by atoms with E-state index in [4.69, 9.17) is 4.74 Å². The van der Waals surface area contributed by atoms with E-state index in [0.29, 0.717) is 6.00 Å². The lowest BCUT2D eigenvalue weighted by Gasteiger charge is -2.39. The Morgan fingerprint density at radius 1 is 1.16 bits per heavy atom. The van der Waals surface area contributed by atoms with Crippen molar-refractivity contribution in [2.75, 3.05) is 0 Å². The van der Waals surface area contributed by atoms with E-state index in [1.807, 2.05) is 0 Å². The van der Waals surface area contributed by atoms with Crippen molar-refractivity contribution in [3.8, 4) is 0 Å². The minimum Gasteiger partial charge on any atom is -0.380 e. The molecule has 2 heteroatoms. The first kappa shape index (κ1) is 17.1. The highest BCUT2D eigenvalue weighted by molar-refractivity contribution is 6.35. The van der Waals surface area contributed by atoms with Gasteiger partial charge in [0.1, 0.15) is 0 Å². The summed E-state index contributed by atoms with van der Waals surface area (Å²) in [7, 11) is 1.17. The molecular formula is C17H35BO. The molecule has 0 saturated carbocycles. The van der Waals surface area contributed by atoms with E-state index in [-0.39, 0.29) is 5.60 Å². The zero-order valence-electron chi connectivity index (χ0n) is 14.3. The summed E-state index contributed by atoms with van der Waals surface area (Å²) in [6.07, 6.45) is 5.02. The molecule has 4 unspecified atom stereocenters. The zero-order valence-corrected chi connectivity index (χ0v) is 14.3. The predicted octanol–water partition coefficient (Wildman–Crippen LogP) is 4.71. The third-order valence-corrected chi connectivity index (χ3v) is 5.03. The molecule has 1 saturated heterocycles. The minimum atomic E-state index is 0.142. The van der Waals surface area contributed by atoms with Gasteiger partial charge in [0.05, 0.1) is 5.60 Å². The molecular weight excluding hydrogens is 231 g/mol. The quantitative estimate of drug-likeness (QED) is 0.606. The van der Waals surface area contributed by atoms with E-state index in [1.54, 1.807) is 0 Å². The van der Waals surface area contributed by atoms with Gasteiger partial charge in [-0.2, -0.15) is 0 Å². The minimum absolute atomic E-state index is 0.142. The van der Waals surface area contributed by atoms with Gasteiger partial charge in [-0.1, -0.05) is 54.8 Å². The second-order valence-electron chi connectivity index (χ2n) is 7.30. The molecule has 4 atom stereocenters. The molecule has 1 heterocycles. The standard InChI is InChI=1S/C17H35BO/c1-8-10-14-15(13(5)6)17(9-2,11-12(3)4)19-16(14)18-7/h12-16,18H,8-11H2,1-7H3. The molecule has 0 aromatic heterocycles. The SMILES string of the molecule is CBC1OC(CC)(CC(C)C)C(C(C)C)C1CCC. The van der Waals surface area contributed by atoms with Crippen molar-refractivity contribution < 1.29 is 4.74 Å². The van der Waals surface area contributed by atoms with Crippen LogP contribution >= 0.6 is 0 Å². The first-order valence-electron chi connectivity index (χ1n) is 8.59. The van der Waals surface area contributed by atoms with Crippen LogP contribution in [0.2, 0.25) is 6.82 Å². The second kappa shape index (κ2) is 7.15. The summed E-state index contributed by atoms with van der Waals surface area (Å²) in [5, 5.41) is 0. The van der Waals surface area contributed by atoms with Crippen molar-refractivity contribution in [1.82, 2.24) is 0 Å². The Labute approximate surface area is 122 Å². The third-order valence-electron chi connectivity index (χ3n) is 5.03. The summed E-state index contributed by atoms with van der Waals surface area (Å²) in [6, 6.07) is 0.492. The van der Waals surface area contributed by atoms with Gasteiger partial charge in [-0.05, 0) is 42.9 Å². The maximum atomic E-state index is 6.70. The first-order chi connectivity index (χ1) is 8.91. The van der Waals surface area contributed by atoms with E-state index < -0.39 is 0 Å². The molecule has 0 amide bonds. The van der Waals surface area contributed by atoms with Crippen LogP contribution in [0.4, 0.5) is 0 Å². The third kappa shape index (κ3) is 3.57.